The van der Waals surface area contributed by atoms with Crippen molar-refractivity contribution in [2.24, 2.45) is 5.92 Å². The van der Waals surface area contributed by atoms with Gasteiger partial charge >= 0.3 is 0 Å². The maximum Gasteiger partial charge on any atom is 0.263 e. The Hall–Kier alpha value is -1.36. The molecule has 0 aromatic carbocycles. The number of nitrogens with zero attached hydrogens (tertiary/aromatic N) is 2. The molecule has 0 unspecified atom stereocenters. The second-order valence-electron chi connectivity index (χ2n) is 6.28. The molecule has 0 bridgehead atoms. The molecule has 0 radical (unpaired) electrons. The predicted octanol–water partition coefficient (Wildman–Crippen LogP) is 3.00. The fourth-order valence-corrected chi connectivity index (χ4v) is 4.13. The Kier molecular flexibility index (Phi) is 5.13. The largest absolute Gasteiger partial charge is 0.342 e. The van der Waals surface area contributed by atoms with Crippen LogP contribution in [-0.2, 0) is 4.79 Å². The molecule has 0 atom stereocenters. The van der Waals surface area contributed by atoms with Crippen molar-refractivity contribution in [3.05, 3.63) is 22.4 Å². The van der Waals surface area contributed by atoms with E-state index in [0.717, 1.165) is 43.6 Å². The van der Waals surface area contributed by atoms with Crippen LogP contribution in [0.15, 0.2) is 17.5 Å². The quantitative estimate of drug-likeness (QED) is 0.840. The van der Waals surface area contributed by atoms with Gasteiger partial charge in [0.05, 0.1) is 4.88 Å². The lowest BCUT2D eigenvalue weighted by Gasteiger charge is -2.33. The van der Waals surface area contributed by atoms with E-state index in [4.69, 9.17) is 0 Å². The Morgan fingerprint density at radius 3 is 2.23 bits per heavy atom. The molecule has 0 spiro atoms. The van der Waals surface area contributed by atoms with Gasteiger partial charge in [-0.15, -0.1) is 11.3 Å². The van der Waals surface area contributed by atoms with Crippen LogP contribution in [0.1, 0.15) is 48.2 Å². The summed E-state index contributed by atoms with van der Waals surface area (Å²) in [5, 5.41) is 1.93. The van der Waals surface area contributed by atoms with Crippen LogP contribution in [0.5, 0.6) is 0 Å². The maximum absolute atomic E-state index is 12.6. The predicted molar refractivity (Wildman–Crippen MR) is 88.0 cm³/mol. The minimum atomic E-state index is 0.116. The first-order valence-electron chi connectivity index (χ1n) is 8.37. The van der Waals surface area contributed by atoms with Crippen LogP contribution >= 0.6 is 11.3 Å². The molecule has 2 fully saturated rings. The minimum absolute atomic E-state index is 0.116. The van der Waals surface area contributed by atoms with Gasteiger partial charge in [-0.2, -0.15) is 0 Å². The summed E-state index contributed by atoms with van der Waals surface area (Å²) in [5.41, 5.74) is 0. The Morgan fingerprint density at radius 1 is 0.955 bits per heavy atom. The van der Waals surface area contributed by atoms with Gasteiger partial charge in [-0.1, -0.05) is 18.9 Å². The summed E-state index contributed by atoms with van der Waals surface area (Å²) in [5.74, 6) is 0.561. The van der Waals surface area contributed by atoms with Crippen molar-refractivity contribution in [2.75, 3.05) is 26.2 Å². The third-order valence-corrected chi connectivity index (χ3v) is 5.64. The number of likely N-dealkylation sites (tertiary alicyclic amines) is 2. The van der Waals surface area contributed by atoms with Gasteiger partial charge in [0.1, 0.15) is 0 Å². The van der Waals surface area contributed by atoms with E-state index in [9.17, 15) is 9.59 Å². The molecular weight excluding hydrogens is 296 g/mol. The molecule has 4 nitrogen and oxygen atoms in total. The fourth-order valence-electron chi connectivity index (χ4n) is 3.43. The monoisotopic (exact) mass is 320 g/mol. The Morgan fingerprint density at radius 2 is 1.64 bits per heavy atom. The Bertz CT molecular complexity index is 499. The van der Waals surface area contributed by atoms with Crippen LogP contribution in [0.3, 0.4) is 0 Å². The molecule has 2 amide bonds. The first-order chi connectivity index (χ1) is 10.8. The molecule has 1 aromatic rings. The molecule has 2 saturated heterocycles. The van der Waals surface area contributed by atoms with E-state index < -0.39 is 0 Å². The van der Waals surface area contributed by atoms with Crippen molar-refractivity contribution < 1.29 is 9.59 Å². The van der Waals surface area contributed by atoms with Gasteiger partial charge in [0.25, 0.3) is 5.91 Å². The standard InChI is InChI=1S/C17H24N2O2S/c20-16(18-9-3-1-2-4-10-18)14-7-11-19(12-8-14)17(21)15-6-5-13-22-15/h5-6,13-14H,1-4,7-12H2. The normalized spacial score (nSPS) is 20.7. The molecule has 0 saturated carbocycles. The Balaban J connectivity index is 1.52. The highest BCUT2D eigenvalue weighted by Gasteiger charge is 2.30. The molecule has 2 aliphatic rings. The van der Waals surface area contributed by atoms with Gasteiger partial charge < -0.3 is 9.80 Å². The second kappa shape index (κ2) is 7.27. The topological polar surface area (TPSA) is 40.6 Å². The van der Waals surface area contributed by atoms with Crippen LogP contribution in [0.4, 0.5) is 0 Å². The number of carbonyl (C=O) groups excluding carboxylic acids is 2. The number of carbonyl (C=O) groups is 2. The van der Waals surface area contributed by atoms with Crippen molar-refractivity contribution in [1.82, 2.24) is 9.80 Å². The lowest BCUT2D eigenvalue weighted by Crippen LogP contribution is -2.44. The highest BCUT2D eigenvalue weighted by atomic mass is 32.1. The molecule has 22 heavy (non-hydrogen) atoms. The zero-order valence-electron chi connectivity index (χ0n) is 13.0. The number of hydrogen-bond acceptors (Lipinski definition) is 3. The molecule has 3 heterocycles. The van der Waals surface area contributed by atoms with Gasteiger partial charge in [0.15, 0.2) is 0 Å². The summed E-state index contributed by atoms with van der Waals surface area (Å²) < 4.78 is 0. The molecule has 5 heteroatoms. The van der Waals surface area contributed by atoms with Crippen LogP contribution in [0.25, 0.3) is 0 Å². The fraction of sp³-hybridized carbons (Fsp3) is 0.647. The molecule has 0 aliphatic carbocycles. The van der Waals surface area contributed by atoms with E-state index in [0.29, 0.717) is 19.0 Å². The van der Waals surface area contributed by atoms with Crippen molar-refractivity contribution >= 4 is 23.2 Å². The third kappa shape index (κ3) is 3.51. The van der Waals surface area contributed by atoms with Crippen molar-refractivity contribution in [3.63, 3.8) is 0 Å². The van der Waals surface area contributed by atoms with Gasteiger partial charge in [0.2, 0.25) is 5.91 Å². The summed E-state index contributed by atoms with van der Waals surface area (Å²) in [7, 11) is 0. The SMILES string of the molecule is O=C(c1cccs1)N1CCC(C(=O)N2CCCCCC2)CC1. The van der Waals surface area contributed by atoms with Gasteiger partial charge in [-0.3, -0.25) is 9.59 Å². The van der Waals surface area contributed by atoms with Gasteiger partial charge in [0, 0.05) is 32.1 Å². The van der Waals surface area contributed by atoms with Gasteiger partial charge in [-0.05, 0) is 37.1 Å². The van der Waals surface area contributed by atoms with Crippen LogP contribution < -0.4 is 0 Å². The van der Waals surface area contributed by atoms with Crippen molar-refractivity contribution in [2.45, 2.75) is 38.5 Å². The highest BCUT2D eigenvalue weighted by Crippen LogP contribution is 2.23. The first-order valence-corrected chi connectivity index (χ1v) is 9.25. The average Bonchev–Trinajstić information content (AvgIpc) is 2.96. The summed E-state index contributed by atoms with van der Waals surface area (Å²) in [6, 6.07) is 3.79. The summed E-state index contributed by atoms with van der Waals surface area (Å²) in [6.45, 7) is 3.27. The number of rotatable bonds is 2. The molecule has 120 valence electrons. The smallest absolute Gasteiger partial charge is 0.263 e. The lowest BCUT2D eigenvalue weighted by atomic mass is 9.95. The van der Waals surface area contributed by atoms with E-state index in [2.05, 4.69) is 4.90 Å². The van der Waals surface area contributed by atoms with E-state index in [1.54, 1.807) is 0 Å². The number of hydrogen-bond donors (Lipinski definition) is 0. The molecule has 0 N–H and O–H groups in total. The number of thiophene rings is 1. The first kappa shape index (κ1) is 15.5. The van der Waals surface area contributed by atoms with Gasteiger partial charge in [-0.25, -0.2) is 0 Å². The van der Waals surface area contributed by atoms with E-state index in [1.807, 2.05) is 22.4 Å². The van der Waals surface area contributed by atoms with Crippen molar-refractivity contribution in [1.29, 1.82) is 0 Å². The lowest BCUT2D eigenvalue weighted by molar-refractivity contribution is -0.136. The Labute approximate surface area is 136 Å². The number of amides is 2. The maximum atomic E-state index is 12.6. The third-order valence-electron chi connectivity index (χ3n) is 4.78. The summed E-state index contributed by atoms with van der Waals surface area (Å²) >= 11 is 1.49. The molecule has 3 rings (SSSR count). The summed E-state index contributed by atoms with van der Waals surface area (Å²) in [6.07, 6.45) is 6.40. The summed E-state index contributed by atoms with van der Waals surface area (Å²) in [4.78, 5) is 29.7. The molecule has 2 aliphatic heterocycles. The van der Waals surface area contributed by atoms with Crippen molar-refractivity contribution in [3.8, 4) is 0 Å². The van der Waals surface area contributed by atoms with Crippen LogP contribution in [0, 0.1) is 5.92 Å². The van der Waals surface area contributed by atoms with Crippen LogP contribution in [-0.4, -0.2) is 47.8 Å². The second-order valence-corrected chi connectivity index (χ2v) is 7.23. The zero-order valence-corrected chi connectivity index (χ0v) is 13.8. The van der Waals surface area contributed by atoms with E-state index in [-0.39, 0.29) is 11.8 Å². The molecular formula is C17H24N2O2S. The number of piperidine rings is 1. The average molecular weight is 320 g/mol. The highest BCUT2D eigenvalue weighted by molar-refractivity contribution is 7.12. The van der Waals surface area contributed by atoms with E-state index >= 15 is 0 Å². The minimum Gasteiger partial charge on any atom is -0.342 e. The van der Waals surface area contributed by atoms with E-state index in [1.165, 1.54) is 24.2 Å². The molecule has 1 aromatic heterocycles. The zero-order chi connectivity index (χ0) is 15.4. The van der Waals surface area contributed by atoms with Crippen LogP contribution in [0.2, 0.25) is 0 Å².